The maximum Gasteiger partial charge on any atom is 0.245 e. The van der Waals surface area contributed by atoms with Gasteiger partial charge in [-0.05, 0) is 66.6 Å². The van der Waals surface area contributed by atoms with E-state index >= 15 is 0 Å². The number of ether oxygens (including phenoxy) is 1. The Morgan fingerprint density at radius 1 is 1.00 bits per heavy atom. The smallest absolute Gasteiger partial charge is 0.245 e. The van der Waals surface area contributed by atoms with Crippen molar-refractivity contribution in [3.05, 3.63) is 83.9 Å². The predicted molar refractivity (Wildman–Crippen MR) is 170 cm³/mol. The zero-order valence-corrected chi connectivity index (χ0v) is 24.8. The predicted octanol–water partition coefficient (Wildman–Crippen LogP) is 3.25. The first kappa shape index (κ1) is 30.5. The van der Waals surface area contributed by atoms with Gasteiger partial charge in [-0.15, -0.1) is 0 Å². The van der Waals surface area contributed by atoms with Crippen LogP contribution < -0.4 is 22.1 Å². The number of guanidine groups is 1. The van der Waals surface area contributed by atoms with Gasteiger partial charge in [0.2, 0.25) is 11.8 Å². The fraction of sp³-hybridized carbons (Fsp3) is 0.441. The van der Waals surface area contributed by atoms with E-state index in [-0.39, 0.29) is 36.0 Å². The van der Waals surface area contributed by atoms with Crippen LogP contribution in [0, 0.1) is 0 Å². The van der Waals surface area contributed by atoms with E-state index in [1.165, 1.54) is 10.8 Å². The van der Waals surface area contributed by atoms with Crippen molar-refractivity contribution < 1.29 is 14.3 Å². The minimum Gasteiger partial charge on any atom is -0.372 e. The Hall–Kier alpha value is -3.95. The molecule has 5 rings (SSSR count). The van der Waals surface area contributed by atoms with Crippen LogP contribution in [0.3, 0.4) is 0 Å². The van der Waals surface area contributed by atoms with Crippen LogP contribution in [0.1, 0.15) is 49.7 Å². The number of aliphatic imine (C=N–C) groups is 1. The SMILES string of the molecule is NC(N)=NCCC[C@H]1C[C@@H](OCc2ccc3ccccc3c2)CN1C(=O)[C@@H](Cc1ccccc1)NC(=O)[C@@H]1CCCCN1. The third-order valence-corrected chi connectivity index (χ3v) is 8.47. The molecule has 0 spiro atoms. The summed E-state index contributed by atoms with van der Waals surface area (Å²) in [4.78, 5) is 33.6. The van der Waals surface area contributed by atoms with Gasteiger partial charge in [-0.3, -0.25) is 14.6 Å². The maximum absolute atomic E-state index is 14.3. The molecule has 9 heteroatoms. The first-order valence-electron chi connectivity index (χ1n) is 15.5. The quantitative estimate of drug-likeness (QED) is 0.147. The van der Waals surface area contributed by atoms with Crippen molar-refractivity contribution in [3.63, 3.8) is 0 Å². The molecule has 0 bridgehead atoms. The van der Waals surface area contributed by atoms with Crippen LogP contribution in [-0.2, 0) is 27.4 Å². The molecule has 3 aromatic carbocycles. The average Bonchev–Trinajstić information content (AvgIpc) is 3.45. The van der Waals surface area contributed by atoms with Crippen LogP contribution in [-0.4, -0.2) is 66.5 Å². The van der Waals surface area contributed by atoms with E-state index in [2.05, 4.69) is 46.0 Å². The average molecular weight is 585 g/mol. The number of hydrogen-bond acceptors (Lipinski definition) is 5. The molecular formula is C34H44N6O3. The molecule has 4 atom stereocenters. The summed E-state index contributed by atoms with van der Waals surface area (Å²) in [6.45, 7) is 2.26. The van der Waals surface area contributed by atoms with E-state index in [1.807, 2.05) is 47.4 Å². The largest absolute Gasteiger partial charge is 0.372 e. The Labute approximate surface area is 254 Å². The summed E-state index contributed by atoms with van der Waals surface area (Å²) in [6, 6.07) is 23.5. The van der Waals surface area contributed by atoms with E-state index in [0.29, 0.717) is 26.1 Å². The molecule has 3 aromatic rings. The Morgan fingerprint density at radius 2 is 1.79 bits per heavy atom. The number of piperidine rings is 1. The standard InChI is InChI=1S/C34H44N6O3/c35-34(36)38-18-8-13-28-21-29(43-23-25-15-16-26-11-4-5-12-27(26)19-25)22-40(28)33(42)31(20-24-9-2-1-3-10-24)39-32(41)30-14-6-7-17-37-30/h1-5,9-12,15-16,19,28-31,37H,6-8,13-14,17-18,20-23H2,(H,39,41)(H4,35,36,38)/t28-,29+,30-,31+/m0/s1. The van der Waals surface area contributed by atoms with E-state index in [1.54, 1.807) is 0 Å². The lowest BCUT2D eigenvalue weighted by Gasteiger charge is -2.31. The molecule has 6 N–H and O–H groups in total. The number of benzene rings is 3. The summed E-state index contributed by atoms with van der Waals surface area (Å²) >= 11 is 0. The highest BCUT2D eigenvalue weighted by molar-refractivity contribution is 5.90. The topological polar surface area (TPSA) is 135 Å². The maximum atomic E-state index is 14.3. The number of hydrogen-bond donors (Lipinski definition) is 4. The van der Waals surface area contributed by atoms with Gasteiger partial charge in [-0.1, -0.05) is 73.2 Å². The number of fused-ring (bicyclic) bond motifs is 1. The molecule has 0 aliphatic carbocycles. The number of nitrogens with one attached hydrogen (secondary N) is 2. The van der Waals surface area contributed by atoms with Gasteiger partial charge in [0.15, 0.2) is 5.96 Å². The minimum absolute atomic E-state index is 0.0358. The van der Waals surface area contributed by atoms with Crippen molar-refractivity contribution in [2.75, 3.05) is 19.6 Å². The summed E-state index contributed by atoms with van der Waals surface area (Å²) in [5.74, 6) is -0.115. The van der Waals surface area contributed by atoms with Gasteiger partial charge in [0.1, 0.15) is 6.04 Å². The van der Waals surface area contributed by atoms with Gasteiger partial charge in [0.05, 0.1) is 18.8 Å². The second-order valence-corrected chi connectivity index (χ2v) is 11.7. The third kappa shape index (κ3) is 8.55. The van der Waals surface area contributed by atoms with Crippen molar-refractivity contribution >= 4 is 28.5 Å². The zero-order valence-electron chi connectivity index (χ0n) is 24.8. The van der Waals surface area contributed by atoms with E-state index < -0.39 is 6.04 Å². The normalized spacial score (nSPS) is 20.9. The molecule has 228 valence electrons. The van der Waals surface area contributed by atoms with Gasteiger partial charge in [0.25, 0.3) is 0 Å². The Kier molecular flexibility index (Phi) is 10.6. The molecule has 43 heavy (non-hydrogen) atoms. The van der Waals surface area contributed by atoms with Crippen molar-refractivity contribution in [2.24, 2.45) is 16.5 Å². The van der Waals surface area contributed by atoms with E-state index in [4.69, 9.17) is 16.2 Å². The zero-order chi connectivity index (χ0) is 30.0. The van der Waals surface area contributed by atoms with Gasteiger partial charge in [-0.2, -0.15) is 0 Å². The van der Waals surface area contributed by atoms with Crippen LogP contribution in [0.5, 0.6) is 0 Å². The molecular weight excluding hydrogens is 540 g/mol. The number of carbonyl (C=O) groups excluding carboxylic acids is 2. The number of likely N-dealkylation sites (tertiary alicyclic amines) is 1. The molecule has 2 heterocycles. The molecule has 0 saturated carbocycles. The summed E-state index contributed by atoms with van der Waals surface area (Å²) in [6.07, 6.45) is 5.36. The highest BCUT2D eigenvalue weighted by Gasteiger charge is 2.39. The van der Waals surface area contributed by atoms with Crippen LogP contribution >= 0.6 is 0 Å². The number of amides is 2. The van der Waals surface area contributed by atoms with Crippen molar-refractivity contribution in [1.29, 1.82) is 0 Å². The highest BCUT2D eigenvalue weighted by Crippen LogP contribution is 2.27. The fourth-order valence-corrected chi connectivity index (χ4v) is 6.21. The van der Waals surface area contributed by atoms with Gasteiger partial charge < -0.3 is 31.7 Å². The highest BCUT2D eigenvalue weighted by atomic mass is 16.5. The lowest BCUT2D eigenvalue weighted by molar-refractivity contribution is -0.138. The molecule has 2 aliphatic heterocycles. The molecule has 2 aliphatic rings. The van der Waals surface area contributed by atoms with Crippen molar-refractivity contribution in [1.82, 2.24) is 15.5 Å². The van der Waals surface area contributed by atoms with Gasteiger partial charge in [-0.25, -0.2) is 0 Å². The lowest BCUT2D eigenvalue weighted by atomic mass is 10.0. The fourth-order valence-electron chi connectivity index (χ4n) is 6.21. The second-order valence-electron chi connectivity index (χ2n) is 11.7. The first-order chi connectivity index (χ1) is 21.0. The molecule has 2 fully saturated rings. The second kappa shape index (κ2) is 15.0. The van der Waals surface area contributed by atoms with Crippen LogP contribution in [0.2, 0.25) is 0 Å². The summed E-state index contributed by atoms with van der Waals surface area (Å²) < 4.78 is 6.41. The van der Waals surface area contributed by atoms with Gasteiger partial charge >= 0.3 is 0 Å². The molecule has 2 amide bonds. The van der Waals surface area contributed by atoms with Crippen molar-refractivity contribution in [3.8, 4) is 0 Å². The Bertz CT molecular complexity index is 1390. The van der Waals surface area contributed by atoms with Crippen LogP contribution in [0.4, 0.5) is 0 Å². The number of carbonyl (C=O) groups is 2. The molecule has 0 unspecified atom stereocenters. The van der Waals surface area contributed by atoms with Crippen molar-refractivity contribution in [2.45, 2.75) is 75.8 Å². The summed E-state index contributed by atoms with van der Waals surface area (Å²) in [7, 11) is 0. The summed E-state index contributed by atoms with van der Waals surface area (Å²) in [5.41, 5.74) is 13.2. The third-order valence-electron chi connectivity index (χ3n) is 8.47. The first-order valence-corrected chi connectivity index (χ1v) is 15.5. The van der Waals surface area contributed by atoms with Crippen LogP contribution in [0.25, 0.3) is 10.8 Å². The van der Waals surface area contributed by atoms with Crippen LogP contribution in [0.15, 0.2) is 77.8 Å². The number of rotatable bonds is 12. The van der Waals surface area contributed by atoms with E-state index in [0.717, 1.165) is 56.2 Å². The van der Waals surface area contributed by atoms with Gasteiger partial charge in [0, 0.05) is 25.6 Å². The lowest BCUT2D eigenvalue weighted by Crippen LogP contribution is -2.56. The molecule has 0 aromatic heterocycles. The minimum atomic E-state index is -0.668. The Morgan fingerprint density at radius 3 is 2.56 bits per heavy atom. The summed E-state index contributed by atoms with van der Waals surface area (Å²) in [5, 5.41) is 8.80. The molecule has 2 saturated heterocycles. The van der Waals surface area contributed by atoms with E-state index in [9.17, 15) is 9.59 Å². The molecule has 9 nitrogen and oxygen atoms in total. The number of nitrogens with two attached hydrogens (primary N) is 2. The monoisotopic (exact) mass is 584 g/mol. The Balaban J connectivity index is 1.30. The molecule has 0 radical (unpaired) electrons. The number of nitrogens with zero attached hydrogens (tertiary/aromatic N) is 2.